The second kappa shape index (κ2) is 10.2. The topological polar surface area (TPSA) is 123 Å². The molecule has 1 aliphatic heterocycles. The summed E-state index contributed by atoms with van der Waals surface area (Å²) in [6, 6.07) is 3.71. The molecule has 0 saturated heterocycles. The zero-order valence-electron chi connectivity index (χ0n) is 16.0. The molecule has 1 aromatic carbocycles. The number of nitrogens with one attached hydrogen (secondary N) is 3. The number of hydrogen-bond donors (Lipinski definition) is 3. The van der Waals surface area contributed by atoms with Gasteiger partial charge in [0.25, 0.3) is 5.91 Å². The van der Waals surface area contributed by atoms with Gasteiger partial charge in [0.05, 0.1) is 23.9 Å². The van der Waals surface area contributed by atoms with Crippen LogP contribution in [0.5, 0.6) is 0 Å². The number of hydrogen-bond acceptors (Lipinski definition) is 6. The molecular weight excluding hydrogens is 385 g/mol. The molecule has 1 heterocycles. The van der Waals surface area contributed by atoms with E-state index < -0.39 is 42.3 Å². The summed E-state index contributed by atoms with van der Waals surface area (Å²) < 4.78 is 23.0. The molecule has 1 aromatic rings. The lowest BCUT2D eigenvalue weighted by atomic mass is 10.0. The number of halogens is 1. The van der Waals surface area contributed by atoms with Crippen LogP contribution in [-0.2, 0) is 19.1 Å². The van der Waals surface area contributed by atoms with Gasteiger partial charge in [-0.15, -0.1) is 0 Å². The summed E-state index contributed by atoms with van der Waals surface area (Å²) in [5.41, 5.74) is 0.484. The maximum Gasteiger partial charge on any atom is 0.338 e. The average molecular weight is 407 g/mol. The van der Waals surface area contributed by atoms with Gasteiger partial charge in [0.2, 0.25) is 0 Å². The Hall–Kier alpha value is -3.43. The Morgan fingerprint density at radius 2 is 1.83 bits per heavy atom. The van der Waals surface area contributed by atoms with Gasteiger partial charge in [-0.1, -0.05) is 6.92 Å². The Morgan fingerprint density at radius 1 is 1.14 bits per heavy atom. The molecule has 0 saturated carbocycles. The summed E-state index contributed by atoms with van der Waals surface area (Å²) >= 11 is 0. The van der Waals surface area contributed by atoms with E-state index in [-0.39, 0.29) is 30.0 Å². The van der Waals surface area contributed by atoms with Crippen molar-refractivity contribution in [1.29, 1.82) is 0 Å². The van der Waals surface area contributed by atoms with Crippen LogP contribution in [-0.4, -0.2) is 49.7 Å². The first kappa shape index (κ1) is 21.9. The SMILES string of the molecule is CCOC(=O)C1=C(COC(=O)CNC(=O)c2ccc(F)cc2)NC(=O)N[C@H]1CC. The highest BCUT2D eigenvalue weighted by Crippen LogP contribution is 2.17. The van der Waals surface area contributed by atoms with Crippen LogP contribution < -0.4 is 16.0 Å². The molecule has 1 aliphatic rings. The van der Waals surface area contributed by atoms with Crippen molar-refractivity contribution in [3.05, 3.63) is 46.9 Å². The molecule has 10 heteroatoms. The first-order valence-electron chi connectivity index (χ1n) is 9.02. The molecule has 9 nitrogen and oxygen atoms in total. The maximum atomic E-state index is 12.9. The second-order valence-electron chi connectivity index (χ2n) is 6.02. The molecule has 1 atom stereocenters. The first-order valence-corrected chi connectivity index (χ1v) is 9.02. The lowest BCUT2D eigenvalue weighted by molar-refractivity contribution is -0.142. The molecule has 2 rings (SSSR count). The van der Waals surface area contributed by atoms with Crippen LogP contribution in [0.3, 0.4) is 0 Å². The largest absolute Gasteiger partial charge is 0.463 e. The predicted molar refractivity (Wildman–Crippen MR) is 99.1 cm³/mol. The summed E-state index contributed by atoms with van der Waals surface area (Å²) in [5, 5.41) is 7.40. The van der Waals surface area contributed by atoms with Crippen LogP contribution in [0.4, 0.5) is 9.18 Å². The Balaban J connectivity index is 1.98. The van der Waals surface area contributed by atoms with E-state index in [1.807, 2.05) is 0 Å². The Labute approximate surface area is 166 Å². The van der Waals surface area contributed by atoms with Crippen LogP contribution in [0.15, 0.2) is 35.5 Å². The zero-order valence-corrected chi connectivity index (χ0v) is 16.0. The van der Waals surface area contributed by atoms with Gasteiger partial charge >= 0.3 is 18.0 Å². The zero-order chi connectivity index (χ0) is 21.4. The molecule has 0 aliphatic carbocycles. The van der Waals surface area contributed by atoms with Gasteiger partial charge in [-0.3, -0.25) is 9.59 Å². The van der Waals surface area contributed by atoms with Crippen molar-refractivity contribution in [2.24, 2.45) is 0 Å². The van der Waals surface area contributed by atoms with E-state index >= 15 is 0 Å². The molecule has 0 aromatic heterocycles. The van der Waals surface area contributed by atoms with E-state index in [0.717, 1.165) is 12.1 Å². The molecule has 29 heavy (non-hydrogen) atoms. The quantitative estimate of drug-likeness (QED) is 0.553. The molecule has 0 spiro atoms. The van der Waals surface area contributed by atoms with Gasteiger partial charge in [-0.25, -0.2) is 14.0 Å². The minimum atomic E-state index is -0.781. The van der Waals surface area contributed by atoms with Gasteiger partial charge < -0.3 is 25.4 Å². The Kier molecular flexibility index (Phi) is 7.70. The third-order valence-electron chi connectivity index (χ3n) is 4.02. The Morgan fingerprint density at radius 3 is 2.45 bits per heavy atom. The molecule has 0 bridgehead atoms. The van der Waals surface area contributed by atoms with Crippen LogP contribution in [0.1, 0.15) is 30.6 Å². The van der Waals surface area contributed by atoms with Crippen molar-refractivity contribution < 1.29 is 33.0 Å². The van der Waals surface area contributed by atoms with Crippen molar-refractivity contribution in [3.63, 3.8) is 0 Å². The van der Waals surface area contributed by atoms with Crippen molar-refractivity contribution in [2.45, 2.75) is 26.3 Å². The highest BCUT2D eigenvalue weighted by atomic mass is 19.1. The smallest absolute Gasteiger partial charge is 0.338 e. The number of urea groups is 1. The van der Waals surface area contributed by atoms with Crippen LogP contribution in [0.25, 0.3) is 0 Å². The average Bonchev–Trinajstić information content (AvgIpc) is 2.70. The van der Waals surface area contributed by atoms with Crippen molar-refractivity contribution in [2.75, 3.05) is 19.8 Å². The number of esters is 2. The minimum absolute atomic E-state index is 0.122. The van der Waals surface area contributed by atoms with Crippen molar-refractivity contribution >= 4 is 23.9 Å². The van der Waals surface area contributed by atoms with Gasteiger partial charge in [0, 0.05) is 5.56 Å². The lowest BCUT2D eigenvalue weighted by Crippen LogP contribution is -2.51. The third kappa shape index (κ3) is 6.03. The molecule has 3 amide bonds. The maximum absolute atomic E-state index is 12.9. The molecule has 0 fully saturated rings. The molecule has 3 N–H and O–H groups in total. The van der Waals surface area contributed by atoms with E-state index in [4.69, 9.17) is 9.47 Å². The second-order valence-corrected chi connectivity index (χ2v) is 6.02. The fourth-order valence-electron chi connectivity index (χ4n) is 2.63. The highest BCUT2D eigenvalue weighted by Gasteiger charge is 2.32. The molecule has 0 unspecified atom stereocenters. The standard InChI is InChI=1S/C19H22FN3O6/c1-3-13-16(18(26)28-4-2)14(23-19(27)22-13)10-29-15(24)9-21-17(25)11-5-7-12(20)8-6-11/h5-8,13H,3-4,9-10H2,1-2H3,(H,21,25)(H2,22,23,27)/t13-/m0/s1. The van der Waals surface area contributed by atoms with E-state index in [1.165, 1.54) is 12.1 Å². The number of amides is 3. The fourth-order valence-corrected chi connectivity index (χ4v) is 2.63. The minimum Gasteiger partial charge on any atom is -0.463 e. The predicted octanol–water partition coefficient (Wildman–Crippen LogP) is 1.01. The number of ether oxygens (including phenoxy) is 2. The van der Waals surface area contributed by atoms with Gasteiger partial charge in [0.15, 0.2) is 0 Å². The van der Waals surface area contributed by atoms with Gasteiger partial charge in [-0.05, 0) is 37.6 Å². The third-order valence-corrected chi connectivity index (χ3v) is 4.02. The van der Waals surface area contributed by atoms with E-state index in [9.17, 15) is 23.6 Å². The summed E-state index contributed by atoms with van der Waals surface area (Å²) in [6.07, 6.45) is 0.437. The highest BCUT2D eigenvalue weighted by molar-refractivity contribution is 5.96. The summed E-state index contributed by atoms with van der Waals surface area (Å²) in [5.74, 6) is -2.46. The molecule has 0 radical (unpaired) electrons. The van der Waals surface area contributed by atoms with Crippen LogP contribution >= 0.6 is 0 Å². The lowest BCUT2D eigenvalue weighted by Gasteiger charge is -2.28. The van der Waals surface area contributed by atoms with Gasteiger partial charge in [-0.2, -0.15) is 0 Å². The van der Waals surface area contributed by atoms with E-state index in [0.29, 0.717) is 6.42 Å². The van der Waals surface area contributed by atoms with Crippen LogP contribution in [0.2, 0.25) is 0 Å². The number of rotatable bonds is 8. The Bertz CT molecular complexity index is 822. The van der Waals surface area contributed by atoms with Crippen LogP contribution in [0, 0.1) is 5.82 Å². The van der Waals surface area contributed by atoms with E-state index in [2.05, 4.69) is 16.0 Å². The first-order chi connectivity index (χ1) is 13.8. The number of carbonyl (C=O) groups excluding carboxylic acids is 4. The van der Waals surface area contributed by atoms with Crippen molar-refractivity contribution in [3.8, 4) is 0 Å². The number of benzene rings is 1. The summed E-state index contributed by atoms with van der Waals surface area (Å²) in [6.45, 7) is 2.77. The summed E-state index contributed by atoms with van der Waals surface area (Å²) in [4.78, 5) is 47.9. The normalized spacial score (nSPS) is 15.8. The molecular formula is C19H22FN3O6. The molecule has 156 valence electrons. The van der Waals surface area contributed by atoms with Gasteiger partial charge in [0.1, 0.15) is 19.0 Å². The number of carbonyl (C=O) groups is 4. The monoisotopic (exact) mass is 407 g/mol. The van der Waals surface area contributed by atoms with Crippen molar-refractivity contribution in [1.82, 2.24) is 16.0 Å². The summed E-state index contributed by atoms with van der Waals surface area (Å²) in [7, 11) is 0. The fraction of sp³-hybridized carbons (Fsp3) is 0.368. The van der Waals surface area contributed by atoms with E-state index in [1.54, 1.807) is 13.8 Å².